The van der Waals surface area contributed by atoms with Crippen molar-refractivity contribution < 1.29 is 4.74 Å². The molecule has 0 bridgehead atoms. The average Bonchev–Trinajstić information content (AvgIpc) is 2.34. The van der Waals surface area contributed by atoms with Gasteiger partial charge in [-0.25, -0.2) is 0 Å². The number of ether oxygens (including phenoxy) is 1. The molecule has 0 aliphatic rings. The molecule has 0 saturated carbocycles. The molecule has 0 aromatic carbocycles. The Morgan fingerprint density at radius 3 is 3.11 bits per heavy atom. The van der Waals surface area contributed by atoms with Crippen molar-refractivity contribution in [3.8, 4) is 5.75 Å². The first-order chi connectivity index (χ1) is 4.43. The van der Waals surface area contributed by atoms with Crippen LogP contribution in [0.15, 0.2) is 17.7 Å². The van der Waals surface area contributed by atoms with Crippen molar-refractivity contribution in [1.82, 2.24) is 0 Å². The lowest BCUT2D eigenvalue weighted by atomic mass is 10.5. The van der Waals surface area contributed by atoms with E-state index in [2.05, 4.69) is 18.5 Å². The molecule has 0 spiro atoms. The third-order valence-electron chi connectivity index (χ3n) is 1.04. The maximum atomic E-state index is 5.33. The molecule has 0 amide bonds. The molecule has 1 nitrogen and oxygen atoms in total. The van der Waals surface area contributed by atoms with Crippen LogP contribution in [-0.4, -0.2) is 6.61 Å². The smallest absolute Gasteiger partial charge is 0.123 e. The summed E-state index contributed by atoms with van der Waals surface area (Å²) in [6.07, 6.45) is 1.09. The third kappa shape index (κ3) is 2.11. The Morgan fingerprint density at radius 2 is 2.56 bits per heavy atom. The van der Waals surface area contributed by atoms with E-state index in [9.17, 15) is 0 Å². The highest BCUT2D eigenvalue weighted by atomic mass is 31.0. The van der Waals surface area contributed by atoms with Gasteiger partial charge in [0.15, 0.2) is 0 Å². The Bertz CT molecular complexity index is 146. The molecule has 50 valence electrons. The Labute approximate surface area is 57.1 Å². The highest BCUT2D eigenvalue weighted by Gasteiger charge is 1.87. The van der Waals surface area contributed by atoms with Crippen LogP contribution in [0.4, 0.5) is 0 Å². The van der Waals surface area contributed by atoms with Crippen LogP contribution < -0.4 is 4.74 Å². The maximum absolute atomic E-state index is 5.33. The summed E-state index contributed by atoms with van der Waals surface area (Å²) in [5.41, 5.74) is 0. The first-order valence-electron chi connectivity index (χ1n) is 3.19. The molecule has 1 aromatic heterocycles. The van der Waals surface area contributed by atoms with E-state index < -0.39 is 0 Å². The van der Waals surface area contributed by atoms with Crippen molar-refractivity contribution in [3.63, 3.8) is 0 Å². The summed E-state index contributed by atoms with van der Waals surface area (Å²) in [7, 11) is 0.833. The molecule has 1 aromatic rings. The summed E-state index contributed by atoms with van der Waals surface area (Å²) in [6.45, 7) is 2.96. The van der Waals surface area contributed by atoms with Crippen LogP contribution in [0.1, 0.15) is 13.3 Å². The van der Waals surface area contributed by atoms with Crippen LogP contribution in [-0.2, 0) is 0 Å². The zero-order chi connectivity index (χ0) is 6.53. The van der Waals surface area contributed by atoms with E-state index in [4.69, 9.17) is 4.74 Å². The summed E-state index contributed by atoms with van der Waals surface area (Å²) in [5, 5.41) is 0. The lowest BCUT2D eigenvalue weighted by molar-refractivity contribution is 0.319. The molecule has 9 heavy (non-hydrogen) atoms. The minimum Gasteiger partial charge on any atom is -0.493 e. The Hall–Kier alpha value is -0.420. The molecule has 0 radical (unpaired) electrons. The summed E-state index contributed by atoms with van der Waals surface area (Å²) in [6, 6.07) is 2.04. The van der Waals surface area contributed by atoms with Crippen molar-refractivity contribution >= 4 is 8.19 Å². The van der Waals surface area contributed by atoms with E-state index >= 15 is 0 Å². The van der Waals surface area contributed by atoms with Gasteiger partial charge in [0.25, 0.3) is 0 Å². The van der Waals surface area contributed by atoms with E-state index in [0.717, 1.165) is 27.0 Å². The van der Waals surface area contributed by atoms with E-state index in [-0.39, 0.29) is 0 Å². The van der Waals surface area contributed by atoms with Crippen LogP contribution in [0, 0.1) is 0 Å². The number of hydrogen-bond acceptors (Lipinski definition) is 1. The molecular formula is C7H11OP. The molecule has 0 saturated heterocycles. The highest BCUT2D eigenvalue weighted by molar-refractivity contribution is 7.28. The molecule has 2 heteroatoms. The third-order valence-corrected chi connectivity index (χ3v) is 1.85. The minimum atomic E-state index is 0.833. The molecule has 0 aliphatic heterocycles. The lowest BCUT2D eigenvalue weighted by Gasteiger charge is -1.98. The monoisotopic (exact) mass is 142 g/mol. The Kier molecular flexibility index (Phi) is 2.66. The van der Waals surface area contributed by atoms with Gasteiger partial charge in [-0.2, -0.15) is 0 Å². The number of rotatable bonds is 3. The molecule has 0 aliphatic carbocycles. The molecule has 0 fully saturated rings. The van der Waals surface area contributed by atoms with Gasteiger partial charge in [0, 0.05) is 0 Å². The van der Waals surface area contributed by atoms with Crippen molar-refractivity contribution in [2.24, 2.45) is 0 Å². The minimum absolute atomic E-state index is 0.833. The highest BCUT2D eigenvalue weighted by Crippen LogP contribution is 2.18. The molecule has 0 N–H and O–H groups in total. The van der Waals surface area contributed by atoms with Gasteiger partial charge < -0.3 is 4.74 Å². The second-order valence-corrected chi connectivity index (χ2v) is 2.85. The van der Waals surface area contributed by atoms with Gasteiger partial charge in [-0.3, -0.25) is 0 Å². The van der Waals surface area contributed by atoms with E-state index in [1.807, 2.05) is 6.07 Å². The first-order valence-corrected chi connectivity index (χ1v) is 4.34. The zero-order valence-electron chi connectivity index (χ0n) is 5.55. The predicted molar refractivity (Wildman–Crippen MR) is 41.7 cm³/mol. The largest absolute Gasteiger partial charge is 0.493 e. The molecule has 1 atom stereocenters. The van der Waals surface area contributed by atoms with E-state index in [1.165, 1.54) is 0 Å². The quantitative estimate of drug-likeness (QED) is 0.630. The van der Waals surface area contributed by atoms with Crippen LogP contribution in [0.3, 0.4) is 0 Å². The topological polar surface area (TPSA) is 9.23 Å². The summed E-state index contributed by atoms with van der Waals surface area (Å²) < 4.78 is 5.33. The fourth-order valence-corrected chi connectivity index (χ4v) is 1.32. The molecule has 1 heterocycles. The fraction of sp³-hybridized carbons (Fsp3) is 0.429. The zero-order valence-corrected chi connectivity index (χ0v) is 6.55. The van der Waals surface area contributed by atoms with Crippen LogP contribution >= 0.6 is 8.19 Å². The average molecular weight is 142 g/mol. The summed E-state index contributed by atoms with van der Waals surface area (Å²) >= 11 is 0. The van der Waals surface area contributed by atoms with Gasteiger partial charge in [0.1, 0.15) is 5.75 Å². The molecule has 1 rings (SSSR count). The van der Waals surface area contributed by atoms with Crippen LogP contribution in [0.2, 0.25) is 0 Å². The predicted octanol–water partition coefficient (Wildman–Crippen LogP) is 2.51. The van der Waals surface area contributed by atoms with Gasteiger partial charge in [-0.15, -0.1) is 8.19 Å². The first kappa shape index (κ1) is 6.70. The van der Waals surface area contributed by atoms with Crippen LogP contribution in [0.25, 0.3) is 0 Å². The van der Waals surface area contributed by atoms with Gasteiger partial charge in [-0.1, -0.05) is 6.92 Å². The summed E-state index contributed by atoms with van der Waals surface area (Å²) in [4.78, 5) is 0. The maximum Gasteiger partial charge on any atom is 0.123 e. The Balaban J connectivity index is 2.30. The second-order valence-electron chi connectivity index (χ2n) is 1.90. The summed E-state index contributed by atoms with van der Waals surface area (Å²) in [5.74, 6) is 5.30. The van der Waals surface area contributed by atoms with Crippen molar-refractivity contribution in [1.29, 1.82) is 0 Å². The second kappa shape index (κ2) is 3.58. The van der Waals surface area contributed by atoms with E-state index in [1.54, 1.807) is 0 Å². The van der Waals surface area contributed by atoms with Gasteiger partial charge in [-0.05, 0) is 24.1 Å². The number of hydrogen-bond donors (Lipinski definition) is 0. The molecule has 1 unspecified atom stereocenters. The van der Waals surface area contributed by atoms with Crippen molar-refractivity contribution in [2.75, 3.05) is 6.61 Å². The van der Waals surface area contributed by atoms with Crippen LogP contribution in [0.5, 0.6) is 5.75 Å². The SMILES string of the molecule is CCCOc1cc[pH]c1. The standard InChI is InChI=1S/C7H11OP/c1-2-4-8-7-3-5-9-6-7/h3,5-6,9H,2,4H2,1H3. The van der Waals surface area contributed by atoms with Crippen molar-refractivity contribution in [2.45, 2.75) is 13.3 Å². The lowest BCUT2D eigenvalue weighted by Crippen LogP contribution is -1.92. The fourth-order valence-electron chi connectivity index (χ4n) is 0.618. The van der Waals surface area contributed by atoms with Gasteiger partial charge in [0.05, 0.1) is 6.61 Å². The Morgan fingerprint density at radius 1 is 1.67 bits per heavy atom. The van der Waals surface area contributed by atoms with Gasteiger partial charge >= 0.3 is 0 Å². The molecular weight excluding hydrogens is 131 g/mol. The van der Waals surface area contributed by atoms with Crippen molar-refractivity contribution in [3.05, 3.63) is 17.7 Å². The van der Waals surface area contributed by atoms with Gasteiger partial charge in [0.2, 0.25) is 0 Å². The normalized spacial score (nSPS) is 10.3. The van der Waals surface area contributed by atoms with E-state index in [0.29, 0.717) is 0 Å².